The van der Waals surface area contributed by atoms with Crippen LogP contribution in [0.25, 0.3) is 0 Å². The minimum Gasteiger partial charge on any atom is -0.355 e. The molecule has 6 heteroatoms. The van der Waals surface area contributed by atoms with Gasteiger partial charge in [0.05, 0.1) is 6.33 Å². The second-order valence-electron chi connectivity index (χ2n) is 7.33. The van der Waals surface area contributed by atoms with E-state index in [-0.39, 0.29) is 0 Å². The quantitative estimate of drug-likeness (QED) is 0.526. The van der Waals surface area contributed by atoms with Gasteiger partial charge < -0.3 is 15.2 Å². The van der Waals surface area contributed by atoms with E-state index in [1.807, 2.05) is 19.6 Å². The molecular formula is C21H34N6. The third-order valence-electron chi connectivity index (χ3n) is 4.59. The van der Waals surface area contributed by atoms with Gasteiger partial charge in [-0.15, -0.1) is 0 Å². The predicted octanol–water partition coefficient (Wildman–Crippen LogP) is 2.72. The lowest BCUT2D eigenvalue weighted by molar-refractivity contribution is 0.178. The Hall–Kier alpha value is -2.34. The molecule has 2 aromatic rings. The minimum absolute atomic E-state index is 0.542. The van der Waals surface area contributed by atoms with E-state index >= 15 is 0 Å². The topological polar surface area (TPSA) is 57.5 Å². The zero-order valence-electron chi connectivity index (χ0n) is 17.3. The number of guanidine groups is 1. The number of imidazole rings is 1. The Morgan fingerprint density at radius 3 is 2.52 bits per heavy atom. The number of aliphatic imine (C=N–C) groups is 1. The standard InChI is InChI=1S/C21H34N6/c1-17(2)27(18(3)4)12-10-24-21(22-5)25-14-19-7-6-8-20(13-19)15-26-11-9-23-16-26/h6-9,11,13,16-18H,10,12,14-15H2,1-5H3,(H2,22,24,25). The first-order chi connectivity index (χ1) is 13.0. The van der Waals surface area contributed by atoms with Crippen LogP contribution in [0.5, 0.6) is 0 Å². The number of hydrogen-bond acceptors (Lipinski definition) is 3. The highest BCUT2D eigenvalue weighted by Gasteiger charge is 2.12. The number of nitrogens with zero attached hydrogens (tertiary/aromatic N) is 4. The molecule has 148 valence electrons. The van der Waals surface area contributed by atoms with Gasteiger partial charge in [0.1, 0.15) is 0 Å². The lowest BCUT2D eigenvalue weighted by atomic mass is 10.1. The Labute approximate surface area is 163 Å². The maximum absolute atomic E-state index is 4.34. The summed E-state index contributed by atoms with van der Waals surface area (Å²) in [5.41, 5.74) is 2.50. The van der Waals surface area contributed by atoms with Crippen LogP contribution in [0.3, 0.4) is 0 Å². The van der Waals surface area contributed by atoms with Crippen LogP contribution in [0.15, 0.2) is 48.0 Å². The van der Waals surface area contributed by atoms with Crippen molar-refractivity contribution in [1.29, 1.82) is 0 Å². The van der Waals surface area contributed by atoms with Gasteiger partial charge in [0.25, 0.3) is 0 Å². The van der Waals surface area contributed by atoms with Crippen molar-refractivity contribution in [3.8, 4) is 0 Å². The summed E-state index contributed by atoms with van der Waals surface area (Å²) in [6, 6.07) is 9.68. The molecule has 1 heterocycles. The van der Waals surface area contributed by atoms with Crippen molar-refractivity contribution < 1.29 is 0 Å². The summed E-state index contributed by atoms with van der Waals surface area (Å²) in [5, 5.41) is 6.82. The van der Waals surface area contributed by atoms with E-state index < -0.39 is 0 Å². The molecule has 0 radical (unpaired) electrons. The predicted molar refractivity (Wildman–Crippen MR) is 113 cm³/mol. The summed E-state index contributed by atoms with van der Waals surface area (Å²) in [7, 11) is 1.81. The summed E-state index contributed by atoms with van der Waals surface area (Å²) in [4.78, 5) is 10.9. The summed E-state index contributed by atoms with van der Waals surface area (Å²) in [6.45, 7) is 12.4. The van der Waals surface area contributed by atoms with Crippen molar-refractivity contribution in [3.05, 3.63) is 54.1 Å². The minimum atomic E-state index is 0.542. The molecule has 0 saturated heterocycles. The third-order valence-corrected chi connectivity index (χ3v) is 4.59. The van der Waals surface area contributed by atoms with Crippen molar-refractivity contribution >= 4 is 5.96 Å². The summed E-state index contributed by atoms with van der Waals surface area (Å²) < 4.78 is 2.07. The lowest BCUT2D eigenvalue weighted by Gasteiger charge is -2.30. The highest BCUT2D eigenvalue weighted by molar-refractivity contribution is 5.79. The largest absolute Gasteiger partial charge is 0.355 e. The van der Waals surface area contributed by atoms with E-state index in [1.54, 1.807) is 6.20 Å². The average Bonchev–Trinajstić information content (AvgIpc) is 3.13. The van der Waals surface area contributed by atoms with Crippen molar-refractivity contribution in [3.63, 3.8) is 0 Å². The van der Waals surface area contributed by atoms with E-state index in [2.05, 4.69) is 82.0 Å². The van der Waals surface area contributed by atoms with Crippen LogP contribution in [0.1, 0.15) is 38.8 Å². The molecule has 0 atom stereocenters. The second kappa shape index (κ2) is 10.7. The van der Waals surface area contributed by atoms with Crippen LogP contribution in [0, 0.1) is 0 Å². The molecule has 1 aromatic carbocycles. The van der Waals surface area contributed by atoms with Gasteiger partial charge in [-0.05, 0) is 38.8 Å². The highest BCUT2D eigenvalue weighted by atomic mass is 15.2. The van der Waals surface area contributed by atoms with Gasteiger partial charge in [0.2, 0.25) is 0 Å². The van der Waals surface area contributed by atoms with Gasteiger partial charge in [-0.25, -0.2) is 4.98 Å². The number of benzene rings is 1. The smallest absolute Gasteiger partial charge is 0.191 e. The van der Waals surface area contributed by atoms with Crippen molar-refractivity contribution in [2.75, 3.05) is 20.1 Å². The molecule has 0 aliphatic heterocycles. The summed E-state index contributed by atoms with van der Waals surface area (Å²) in [6.07, 6.45) is 5.63. The summed E-state index contributed by atoms with van der Waals surface area (Å²) >= 11 is 0. The molecule has 0 amide bonds. The Kier molecular flexibility index (Phi) is 8.33. The number of rotatable bonds is 9. The van der Waals surface area contributed by atoms with E-state index in [1.165, 1.54) is 11.1 Å². The van der Waals surface area contributed by atoms with Crippen molar-refractivity contribution in [2.45, 2.75) is 52.9 Å². The Morgan fingerprint density at radius 1 is 1.15 bits per heavy atom. The molecule has 0 unspecified atom stereocenters. The van der Waals surface area contributed by atoms with Gasteiger partial charge in [0.15, 0.2) is 5.96 Å². The fraction of sp³-hybridized carbons (Fsp3) is 0.524. The van der Waals surface area contributed by atoms with Crippen LogP contribution in [0.2, 0.25) is 0 Å². The number of aromatic nitrogens is 2. The Morgan fingerprint density at radius 2 is 1.89 bits per heavy atom. The molecule has 2 rings (SSSR count). The molecule has 2 N–H and O–H groups in total. The first-order valence-electron chi connectivity index (χ1n) is 9.73. The van der Waals surface area contributed by atoms with E-state index in [9.17, 15) is 0 Å². The Bertz CT molecular complexity index is 682. The van der Waals surface area contributed by atoms with Crippen LogP contribution in [0.4, 0.5) is 0 Å². The molecule has 27 heavy (non-hydrogen) atoms. The van der Waals surface area contributed by atoms with E-state index in [0.717, 1.165) is 32.1 Å². The van der Waals surface area contributed by atoms with Crippen molar-refractivity contribution in [1.82, 2.24) is 25.1 Å². The van der Waals surface area contributed by atoms with Gasteiger partial charge >= 0.3 is 0 Å². The second-order valence-corrected chi connectivity index (χ2v) is 7.33. The van der Waals surface area contributed by atoms with Crippen LogP contribution >= 0.6 is 0 Å². The third kappa shape index (κ3) is 7.06. The van der Waals surface area contributed by atoms with Crippen molar-refractivity contribution in [2.24, 2.45) is 4.99 Å². The first kappa shape index (κ1) is 21.0. The Balaban J connectivity index is 1.81. The van der Waals surface area contributed by atoms with Crippen LogP contribution in [-0.4, -0.2) is 52.6 Å². The summed E-state index contributed by atoms with van der Waals surface area (Å²) in [5.74, 6) is 0.836. The SMILES string of the molecule is CN=C(NCCN(C(C)C)C(C)C)NCc1cccc(Cn2ccnc2)c1. The van der Waals surface area contributed by atoms with E-state index in [0.29, 0.717) is 12.1 Å². The lowest BCUT2D eigenvalue weighted by Crippen LogP contribution is -2.45. The molecule has 0 aliphatic rings. The zero-order valence-corrected chi connectivity index (χ0v) is 17.3. The monoisotopic (exact) mass is 370 g/mol. The van der Waals surface area contributed by atoms with Crippen LogP contribution in [-0.2, 0) is 13.1 Å². The van der Waals surface area contributed by atoms with Crippen LogP contribution < -0.4 is 10.6 Å². The maximum atomic E-state index is 4.34. The fourth-order valence-electron chi connectivity index (χ4n) is 3.25. The van der Waals surface area contributed by atoms with Gasteiger partial charge in [-0.1, -0.05) is 24.3 Å². The fourth-order valence-corrected chi connectivity index (χ4v) is 3.25. The molecule has 0 bridgehead atoms. The molecule has 0 saturated carbocycles. The first-order valence-corrected chi connectivity index (χ1v) is 9.73. The average molecular weight is 371 g/mol. The maximum Gasteiger partial charge on any atom is 0.191 e. The molecule has 1 aromatic heterocycles. The molecule has 0 aliphatic carbocycles. The highest BCUT2D eigenvalue weighted by Crippen LogP contribution is 2.07. The van der Waals surface area contributed by atoms with Gasteiger partial charge in [0, 0.05) is 57.7 Å². The van der Waals surface area contributed by atoms with Gasteiger partial charge in [-0.3, -0.25) is 9.89 Å². The molecule has 0 fully saturated rings. The molecular weight excluding hydrogens is 336 g/mol. The zero-order chi connectivity index (χ0) is 19.6. The van der Waals surface area contributed by atoms with E-state index in [4.69, 9.17) is 0 Å². The number of hydrogen-bond donors (Lipinski definition) is 2. The normalized spacial score (nSPS) is 12.2. The molecule has 6 nitrogen and oxygen atoms in total. The molecule has 0 spiro atoms. The van der Waals surface area contributed by atoms with Gasteiger partial charge in [-0.2, -0.15) is 0 Å². The number of nitrogens with one attached hydrogen (secondary N) is 2.